The van der Waals surface area contributed by atoms with Gasteiger partial charge in [0.1, 0.15) is 0 Å². The summed E-state index contributed by atoms with van der Waals surface area (Å²) >= 11 is 0. The molecule has 0 saturated carbocycles. The van der Waals surface area contributed by atoms with Crippen LogP contribution in [0.3, 0.4) is 0 Å². The third-order valence-corrected chi connectivity index (χ3v) is 4.04. The van der Waals surface area contributed by atoms with E-state index < -0.39 is 0 Å². The molecule has 122 valence electrons. The highest BCUT2D eigenvalue weighted by atomic mass is 16.5. The van der Waals surface area contributed by atoms with Gasteiger partial charge in [-0.2, -0.15) is 5.10 Å². The average Bonchev–Trinajstić information content (AvgIpc) is 3.02. The molecule has 1 aliphatic heterocycles. The standard InChI is InChI=1S/C17H23N5O/c1-17(2,3)14-4-5-15(21-20-14)22-9-6-13(11-22)12-23-16-10-18-7-8-19-16/h4-5,7-8,10,13H,6,9,11-12H2,1-3H3. The van der Waals surface area contributed by atoms with Gasteiger partial charge in [0.05, 0.1) is 18.5 Å². The number of aromatic nitrogens is 4. The smallest absolute Gasteiger partial charge is 0.232 e. The molecule has 3 rings (SSSR count). The Morgan fingerprint density at radius 3 is 2.74 bits per heavy atom. The first-order chi connectivity index (χ1) is 11.0. The Morgan fingerprint density at radius 1 is 1.22 bits per heavy atom. The minimum absolute atomic E-state index is 0.0314. The second kappa shape index (κ2) is 6.48. The molecule has 2 aromatic heterocycles. The maximum atomic E-state index is 5.70. The summed E-state index contributed by atoms with van der Waals surface area (Å²) in [7, 11) is 0. The highest BCUT2D eigenvalue weighted by Crippen LogP contribution is 2.24. The lowest BCUT2D eigenvalue weighted by Crippen LogP contribution is -2.24. The van der Waals surface area contributed by atoms with E-state index in [1.807, 2.05) is 0 Å². The van der Waals surface area contributed by atoms with Gasteiger partial charge in [-0.05, 0) is 18.6 Å². The summed E-state index contributed by atoms with van der Waals surface area (Å²) in [5.74, 6) is 2.00. The van der Waals surface area contributed by atoms with Gasteiger partial charge in [0.15, 0.2) is 5.82 Å². The van der Waals surface area contributed by atoms with Gasteiger partial charge in [0.25, 0.3) is 0 Å². The molecule has 1 saturated heterocycles. The number of anilines is 1. The highest BCUT2D eigenvalue weighted by Gasteiger charge is 2.25. The molecule has 0 spiro atoms. The van der Waals surface area contributed by atoms with Crippen molar-refractivity contribution in [1.29, 1.82) is 0 Å². The highest BCUT2D eigenvalue weighted by molar-refractivity contribution is 5.39. The van der Waals surface area contributed by atoms with E-state index >= 15 is 0 Å². The second-order valence-corrected chi connectivity index (χ2v) is 6.98. The second-order valence-electron chi connectivity index (χ2n) is 6.98. The zero-order chi connectivity index (χ0) is 16.3. The van der Waals surface area contributed by atoms with Crippen molar-refractivity contribution in [1.82, 2.24) is 20.2 Å². The van der Waals surface area contributed by atoms with Gasteiger partial charge in [-0.15, -0.1) is 5.10 Å². The molecule has 23 heavy (non-hydrogen) atoms. The van der Waals surface area contributed by atoms with Crippen molar-refractivity contribution in [2.75, 3.05) is 24.6 Å². The van der Waals surface area contributed by atoms with Crippen molar-refractivity contribution < 1.29 is 4.74 Å². The lowest BCUT2D eigenvalue weighted by molar-refractivity contribution is 0.251. The fraction of sp³-hybridized carbons (Fsp3) is 0.529. The Bertz CT molecular complexity index is 624. The summed E-state index contributed by atoms with van der Waals surface area (Å²) in [5, 5.41) is 8.76. The zero-order valence-electron chi connectivity index (χ0n) is 13.9. The van der Waals surface area contributed by atoms with Crippen LogP contribution in [0, 0.1) is 5.92 Å². The van der Waals surface area contributed by atoms with Crippen LogP contribution in [-0.4, -0.2) is 39.9 Å². The molecule has 6 nitrogen and oxygen atoms in total. The molecule has 0 amide bonds. The van der Waals surface area contributed by atoms with Crippen molar-refractivity contribution in [3.05, 3.63) is 36.4 Å². The summed E-state index contributed by atoms with van der Waals surface area (Å²) in [4.78, 5) is 10.4. The zero-order valence-corrected chi connectivity index (χ0v) is 13.9. The molecule has 0 radical (unpaired) electrons. The monoisotopic (exact) mass is 313 g/mol. The number of hydrogen-bond acceptors (Lipinski definition) is 6. The summed E-state index contributed by atoms with van der Waals surface area (Å²) in [5.41, 5.74) is 1.05. The minimum Gasteiger partial charge on any atom is -0.476 e. The molecular formula is C17H23N5O. The summed E-state index contributed by atoms with van der Waals surface area (Å²) in [6.07, 6.45) is 6.01. The van der Waals surface area contributed by atoms with Crippen LogP contribution >= 0.6 is 0 Å². The van der Waals surface area contributed by atoms with Crippen LogP contribution in [0.4, 0.5) is 5.82 Å². The van der Waals surface area contributed by atoms with Crippen molar-refractivity contribution in [2.24, 2.45) is 5.92 Å². The molecule has 0 N–H and O–H groups in total. The first-order valence-electron chi connectivity index (χ1n) is 8.00. The molecule has 0 bridgehead atoms. The largest absolute Gasteiger partial charge is 0.476 e. The average molecular weight is 313 g/mol. The predicted molar refractivity (Wildman–Crippen MR) is 88.6 cm³/mol. The Kier molecular flexibility index (Phi) is 4.41. The van der Waals surface area contributed by atoms with E-state index in [1.54, 1.807) is 18.6 Å². The molecule has 6 heteroatoms. The summed E-state index contributed by atoms with van der Waals surface area (Å²) in [6.45, 7) is 9.01. The number of ether oxygens (including phenoxy) is 1. The van der Waals surface area contributed by atoms with E-state index in [2.05, 4.69) is 58.0 Å². The lowest BCUT2D eigenvalue weighted by Gasteiger charge is -2.20. The summed E-state index contributed by atoms with van der Waals surface area (Å²) < 4.78 is 5.70. The molecule has 1 aliphatic rings. The third-order valence-electron chi connectivity index (χ3n) is 4.04. The molecule has 0 aromatic carbocycles. The van der Waals surface area contributed by atoms with Crippen LogP contribution in [0.2, 0.25) is 0 Å². The Hall–Kier alpha value is -2.24. The van der Waals surface area contributed by atoms with Gasteiger partial charge in [0, 0.05) is 36.8 Å². The number of hydrogen-bond donors (Lipinski definition) is 0. The van der Waals surface area contributed by atoms with Gasteiger partial charge in [0.2, 0.25) is 5.88 Å². The first kappa shape index (κ1) is 15.6. The molecule has 1 unspecified atom stereocenters. The number of nitrogens with zero attached hydrogens (tertiary/aromatic N) is 5. The van der Waals surface area contributed by atoms with E-state index in [4.69, 9.17) is 4.74 Å². The van der Waals surface area contributed by atoms with Gasteiger partial charge in [-0.3, -0.25) is 4.98 Å². The predicted octanol–water partition coefficient (Wildman–Crippen LogP) is 2.47. The first-order valence-corrected chi connectivity index (χ1v) is 8.00. The fourth-order valence-electron chi connectivity index (χ4n) is 2.63. The van der Waals surface area contributed by atoms with Gasteiger partial charge < -0.3 is 9.64 Å². The van der Waals surface area contributed by atoms with Crippen LogP contribution in [0.1, 0.15) is 32.9 Å². The molecule has 1 atom stereocenters. The van der Waals surface area contributed by atoms with E-state index in [0.29, 0.717) is 18.4 Å². The SMILES string of the molecule is CC(C)(C)c1ccc(N2CCC(COc3cnccn3)C2)nn1. The van der Waals surface area contributed by atoms with Crippen LogP contribution < -0.4 is 9.64 Å². The minimum atomic E-state index is 0.0314. The third kappa shape index (κ3) is 3.94. The van der Waals surface area contributed by atoms with Gasteiger partial charge >= 0.3 is 0 Å². The molecule has 2 aromatic rings. The maximum Gasteiger partial charge on any atom is 0.232 e. The molecule has 1 fully saturated rings. The normalized spacial score (nSPS) is 18.2. The van der Waals surface area contributed by atoms with E-state index in [1.165, 1.54) is 0 Å². The molecule has 0 aliphatic carbocycles. The quantitative estimate of drug-likeness (QED) is 0.864. The maximum absolute atomic E-state index is 5.70. The van der Waals surface area contributed by atoms with Gasteiger partial charge in [-0.1, -0.05) is 20.8 Å². The van der Waals surface area contributed by atoms with Crippen LogP contribution in [0.5, 0.6) is 5.88 Å². The summed E-state index contributed by atoms with van der Waals surface area (Å²) in [6, 6.07) is 4.14. The van der Waals surface area contributed by atoms with E-state index in [-0.39, 0.29) is 5.41 Å². The van der Waals surface area contributed by atoms with Crippen molar-refractivity contribution in [2.45, 2.75) is 32.6 Å². The Balaban J connectivity index is 1.55. The van der Waals surface area contributed by atoms with E-state index in [9.17, 15) is 0 Å². The Labute approximate surface area is 136 Å². The van der Waals surface area contributed by atoms with Crippen molar-refractivity contribution in [3.8, 4) is 5.88 Å². The van der Waals surface area contributed by atoms with Crippen LogP contribution in [-0.2, 0) is 5.41 Å². The van der Waals surface area contributed by atoms with Crippen molar-refractivity contribution >= 4 is 5.82 Å². The van der Waals surface area contributed by atoms with Crippen LogP contribution in [0.15, 0.2) is 30.7 Å². The Morgan fingerprint density at radius 2 is 2.09 bits per heavy atom. The van der Waals surface area contributed by atoms with Gasteiger partial charge in [-0.25, -0.2) is 4.98 Å². The van der Waals surface area contributed by atoms with Crippen LogP contribution in [0.25, 0.3) is 0 Å². The van der Waals surface area contributed by atoms with E-state index in [0.717, 1.165) is 31.0 Å². The number of rotatable bonds is 4. The molecule has 3 heterocycles. The fourth-order valence-corrected chi connectivity index (χ4v) is 2.63. The lowest BCUT2D eigenvalue weighted by atomic mass is 9.92. The molecular weight excluding hydrogens is 290 g/mol. The van der Waals surface area contributed by atoms with Crippen molar-refractivity contribution in [3.63, 3.8) is 0 Å². The topological polar surface area (TPSA) is 64.0 Å².